The number of rotatable bonds is 4. The summed E-state index contributed by atoms with van der Waals surface area (Å²) in [5.74, 6) is 1.52. The zero-order valence-electron chi connectivity index (χ0n) is 10.6. The van der Waals surface area contributed by atoms with Crippen molar-refractivity contribution < 1.29 is 0 Å². The van der Waals surface area contributed by atoms with Crippen LogP contribution >= 0.6 is 0 Å². The Morgan fingerprint density at radius 3 is 2.31 bits per heavy atom. The first-order valence-electron chi connectivity index (χ1n) is 6.48. The Bertz CT molecular complexity index is 313. The lowest BCUT2D eigenvalue weighted by Gasteiger charge is -2.37. The molecule has 0 heterocycles. The summed E-state index contributed by atoms with van der Waals surface area (Å²) in [7, 11) is 0. The molecule has 0 radical (unpaired) electrons. The summed E-state index contributed by atoms with van der Waals surface area (Å²) in [6.45, 7) is 6.96. The molecule has 1 heteroatoms. The summed E-state index contributed by atoms with van der Waals surface area (Å²) in [5.41, 5.74) is 1.44. The minimum atomic E-state index is 0.569. The third-order valence-electron chi connectivity index (χ3n) is 3.95. The van der Waals surface area contributed by atoms with Gasteiger partial charge >= 0.3 is 0 Å². The van der Waals surface area contributed by atoms with Crippen molar-refractivity contribution in [2.45, 2.75) is 51.6 Å². The van der Waals surface area contributed by atoms with Gasteiger partial charge in [0.15, 0.2) is 0 Å². The van der Waals surface area contributed by atoms with Crippen molar-refractivity contribution in [2.24, 2.45) is 5.92 Å². The normalized spacial score (nSPS) is 28.2. The van der Waals surface area contributed by atoms with Crippen molar-refractivity contribution in [3.8, 4) is 0 Å². The number of nitrogens with one attached hydrogen (secondary N) is 1. The highest BCUT2D eigenvalue weighted by molar-refractivity contribution is 5.20. The van der Waals surface area contributed by atoms with E-state index < -0.39 is 0 Å². The van der Waals surface area contributed by atoms with Crippen molar-refractivity contribution in [2.75, 3.05) is 0 Å². The van der Waals surface area contributed by atoms with Gasteiger partial charge in [0.05, 0.1) is 0 Å². The maximum atomic E-state index is 3.74. The summed E-state index contributed by atoms with van der Waals surface area (Å²) in [4.78, 5) is 0. The molecule has 1 aliphatic rings. The second-order valence-corrected chi connectivity index (χ2v) is 5.43. The fourth-order valence-corrected chi connectivity index (χ4v) is 2.60. The average molecular weight is 217 g/mol. The van der Waals surface area contributed by atoms with Gasteiger partial charge in [0, 0.05) is 12.1 Å². The maximum Gasteiger partial charge on any atom is 0.0107 e. The van der Waals surface area contributed by atoms with Gasteiger partial charge in [0.1, 0.15) is 0 Å². The van der Waals surface area contributed by atoms with E-state index >= 15 is 0 Å². The van der Waals surface area contributed by atoms with Crippen LogP contribution in [0.15, 0.2) is 30.3 Å². The van der Waals surface area contributed by atoms with Crippen LogP contribution in [0, 0.1) is 5.92 Å². The highest BCUT2D eigenvalue weighted by atomic mass is 15.0. The lowest BCUT2D eigenvalue weighted by molar-refractivity contribution is 0.218. The molecule has 0 bridgehead atoms. The van der Waals surface area contributed by atoms with E-state index in [0.717, 1.165) is 12.0 Å². The highest BCUT2D eigenvalue weighted by Gasteiger charge is 2.27. The van der Waals surface area contributed by atoms with Gasteiger partial charge in [-0.2, -0.15) is 0 Å². The Kier molecular flexibility index (Phi) is 3.65. The fraction of sp³-hybridized carbons (Fsp3) is 0.600. The van der Waals surface area contributed by atoms with Crippen molar-refractivity contribution >= 4 is 0 Å². The summed E-state index contributed by atoms with van der Waals surface area (Å²) in [6, 6.07) is 12.1. The standard InChI is InChI=1S/C15H23N/c1-11-9-15(10-11)16-13(3)12(2)14-7-5-4-6-8-14/h4-8,11-13,15-16H,9-10H2,1-3H3. The molecule has 0 aromatic heterocycles. The van der Waals surface area contributed by atoms with Crippen LogP contribution in [0.2, 0.25) is 0 Å². The van der Waals surface area contributed by atoms with Crippen LogP contribution in [0.25, 0.3) is 0 Å². The van der Waals surface area contributed by atoms with Gasteiger partial charge in [0.2, 0.25) is 0 Å². The molecule has 1 N–H and O–H groups in total. The molecule has 1 aromatic carbocycles. The molecule has 0 spiro atoms. The van der Waals surface area contributed by atoms with E-state index in [1.54, 1.807) is 0 Å². The number of hydrogen-bond donors (Lipinski definition) is 1. The van der Waals surface area contributed by atoms with E-state index in [-0.39, 0.29) is 0 Å². The molecule has 0 aliphatic heterocycles. The number of hydrogen-bond acceptors (Lipinski definition) is 1. The highest BCUT2D eigenvalue weighted by Crippen LogP contribution is 2.28. The lowest BCUT2D eigenvalue weighted by Crippen LogP contribution is -2.46. The van der Waals surface area contributed by atoms with Crippen molar-refractivity contribution in [3.05, 3.63) is 35.9 Å². The van der Waals surface area contributed by atoms with Gasteiger partial charge in [0.25, 0.3) is 0 Å². The largest absolute Gasteiger partial charge is 0.311 e. The van der Waals surface area contributed by atoms with Gasteiger partial charge < -0.3 is 5.32 Å². The van der Waals surface area contributed by atoms with Crippen LogP contribution in [0.5, 0.6) is 0 Å². The van der Waals surface area contributed by atoms with Crippen molar-refractivity contribution in [1.29, 1.82) is 0 Å². The summed E-state index contributed by atoms with van der Waals surface area (Å²) >= 11 is 0. The number of benzene rings is 1. The molecule has 88 valence electrons. The minimum absolute atomic E-state index is 0.569. The zero-order chi connectivity index (χ0) is 11.5. The minimum Gasteiger partial charge on any atom is -0.311 e. The van der Waals surface area contributed by atoms with Crippen molar-refractivity contribution in [3.63, 3.8) is 0 Å². The molecule has 16 heavy (non-hydrogen) atoms. The molecule has 1 fully saturated rings. The summed E-state index contributed by atoms with van der Waals surface area (Å²) < 4.78 is 0. The van der Waals surface area contributed by atoms with Crippen LogP contribution in [0.4, 0.5) is 0 Å². The second kappa shape index (κ2) is 5.01. The van der Waals surface area contributed by atoms with E-state index in [4.69, 9.17) is 0 Å². The summed E-state index contributed by atoms with van der Waals surface area (Å²) in [6.07, 6.45) is 2.71. The van der Waals surface area contributed by atoms with Gasteiger partial charge in [-0.25, -0.2) is 0 Å². The predicted molar refractivity (Wildman–Crippen MR) is 69.6 cm³/mol. The summed E-state index contributed by atoms with van der Waals surface area (Å²) in [5, 5.41) is 3.74. The Hall–Kier alpha value is -0.820. The smallest absolute Gasteiger partial charge is 0.0107 e. The van der Waals surface area contributed by atoms with E-state index in [1.807, 2.05) is 0 Å². The molecule has 2 atom stereocenters. The first kappa shape index (κ1) is 11.7. The Morgan fingerprint density at radius 1 is 1.12 bits per heavy atom. The van der Waals surface area contributed by atoms with Crippen LogP contribution in [0.1, 0.15) is 45.1 Å². The molecule has 2 rings (SSSR count). The Morgan fingerprint density at radius 2 is 1.75 bits per heavy atom. The fourth-order valence-electron chi connectivity index (χ4n) is 2.60. The van der Waals surface area contributed by atoms with Gasteiger partial charge in [-0.3, -0.25) is 0 Å². The maximum absolute atomic E-state index is 3.74. The molecule has 1 aliphatic carbocycles. The molecular weight excluding hydrogens is 194 g/mol. The lowest BCUT2D eigenvalue weighted by atomic mass is 9.80. The predicted octanol–water partition coefficient (Wildman–Crippen LogP) is 3.57. The molecule has 0 saturated heterocycles. The SMILES string of the molecule is CC1CC(NC(C)C(C)c2ccccc2)C1. The second-order valence-electron chi connectivity index (χ2n) is 5.43. The van der Waals surface area contributed by atoms with Crippen LogP contribution in [-0.2, 0) is 0 Å². The third-order valence-corrected chi connectivity index (χ3v) is 3.95. The molecule has 1 nitrogen and oxygen atoms in total. The van der Waals surface area contributed by atoms with E-state index in [2.05, 4.69) is 56.4 Å². The van der Waals surface area contributed by atoms with E-state index in [1.165, 1.54) is 18.4 Å². The van der Waals surface area contributed by atoms with Crippen molar-refractivity contribution in [1.82, 2.24) is 5.32 Å². The quantitative estimate of drug-likeness (QED) is 0.813. The molecule has 2 unspecified atom stereocenters. The van der Waals surface area contributed by atoms with Gasteiger partial charge in [-0.05, 0) is 37.2 Å². The van der Waals surface area contributed by atoms with Crippen LogP contribution < -0.4 is 5.32 Å². The zero-order valence-corrected chi connectivity index (χ0v) is 10.6. The third kappa shape index (κ3) is 2.65. The van der Waals surface area contributed by atoms with Gasteiger partial charge in [-0.15, -0.1) is 0 Å². The van der Waals surface area contributed by atoms with Crippen LogP contribution in [0.3, 0.4) is 0 Å². The Balaban J connectivity index is 1.87. The average Bonchev–Trinajstić information content (AvgIpc) is 2.27. The first-order chi connectivity index (χ1) is 7.66. The molecule has 0 amide bonds. The van der Waals surface area contributed by atoms with E-state index in [0.29, 0.717) is 12.0 Å². The van der Waals surface area contributed by atoms with Crippen LogP contribution in [-0.4, -0.2) is 12.1 Å². The topological polar surface area (TPSA) is 12.0 Å². The van der Waals surface area contributed by atoms with Gasteiger partial charge in [-0.1, -0.05) is 44.2 Å². The Labute approximate surface area is 99.3 Å². The van der Waals surface area contributed by atoms with E-state index in [9.17, 15) is 0 Å². The first-order valence-corrected chi connectivity index (χ1v) is 6.48. The molecule has 1 saturated carbocycles. The monoisotopic (exact) mass is 217 g/mol. The molecular formula is C15H23N. The molecule has 1 aromatic rings.